The van der Waals surface area contributed by atoms with E-state index in [2.05, 4.69) is 29.3 Å². The van der Waals surface area contributed by atoms with E-state index in [0.717, 1.165) is 18.2 Å². The summed E-state index contributed by atoms with van der Waals surface area (Å²) in [5.41, 5.74) is 7.50. The van der Waals surface area contributed by atoms with E-state index in [1.165, 1.54) is 31.5 Å². The van der Waals surface area contributed by atoms with Gasteiger partial charge < -0.3 is 11.1 Å². The van der Waals surface area contributed by atoms with Crippen molar-refractivity contribution >= 4 is 11.6 Å². The third-order valence-electron chi connectivity index (χ3n) is 3.76. The summed E-state index contributed by atoms with van der Waals surface area (Å²) in [6, 6.07) is 8.13. The van der Waals surface area contributed by atoms with Crippen molar-refractivity contribution in [3.63, 3.8) is 0 Å². The van der Waals surface area contributed by atoms with Gasteiger partial charge in [-0.3, -0.25) is 9.69 Å². The number of carbonyl (C=O) groups is 1. The van der Waals surface area contributed by atoms with Gasteiger partial charge >= 0.3 is 0 Å². The topological polar surface area (TPSA) is 58.4 Å². The maximum atomic E-state index is 11.5. The summed E-state index contributed by atoms with van der Waals surface area (Å²) in [5, 5.41) is 2.85. The molecule has 2 rings (SSSR count). The molecule has 1 heterocycles. The Morgan fingerprint density at radius 1 is 1.40 bits per heavy atom. The minimum atomic E-state index is -0.0231. The van der Waals surface area contributed by atoms with Crippen LogP contribution in [0, 0.1) is 5.92 Å². The fourth-order valence-corrected chi connectivity index (χ4v) is 2.74. The highest BCUT2D eigenvalue weighted by atomic mass is 16.1. The SMILES string of the molecule is CC1CCCN(Cc2ccc(NC(=O)CCN)cc2)C1. The van der Waals surface area contributed by atoms with E-state index in [1.807, 2.05) is 12.1 Å². The summed E-state index contributed by atoms with van der Waals surface area (Å²) < 4.78 is 0. The first kappa shape index (κ1) is 15.0. The Hall–Kier alpha value is -1.39. The molecule has 1 aromatic carbocycles. The highest BCUT2D eigenvalue weighted by Gasteiger charge is 2.16. The molecule has 1 aromatic rings. The van der Waals surface area contributed by atoms with E-state index in [-0.39, 0.29) is 5.91 Å². The van der Waals surface area contributed by atoms with Gasteiger partial charge in [0.1, 0.15) is 0 Å². The molecule has 1 unspecified atom stereocenters. The zero-order chi connectivity index (χ0) is 14.4. The van der Waals surface area contributed by atoms with Gasteiger partial charge in [0.25, 0.3) is 0 Å². The van der Waals surface area contributed by atoms with Crippen LogP contribution < -0.4 is 11.1 Å². The van der Waals surface area contributed by atoms with E-state index in [1.54, 1.807) is 0 Å². The molecule has 3 N–H and O–H groups in total. The normalized spacial score (nSPS) is 19.8. The van der Waals surface area contributed by atoms with Crippen molar-refractivity contribution < 1.29 is 4.79 Å². The first-order valence-corrected chi connectivity index (χ1v) is 7.48. The molecular formula is C16H25N3O. The fraction of sp³-hybridized carbons (Fsp3) is 0.562. The van der Waals surface area contributed by atoms with Gasteiger partial charge in [-0.1, -0.05) is 19.1 Å². The summed E-state index contributed by atoms with van der Waals surface area (Å²) in [6.45, 7) is 6.09. The van der Waals surface area contributed by atoms with E-state index < -0.39 is 0 Å². The lowest BCUT2D eigenvalue weighted by molar-refractivity contribution is -0.116. The maximum absolute atomic E-state index is 11.5. The van der Waals surface area contributed by atoms with Crippen molar-refractivity contribution in [2.24, 2.45) is 11.7 Å². The van der Waals surface area contributed by atoms with Crippen LogP contribution in [0.15, 0.2) is 24.3 Å². The number of likely N-dealkylation sites (tertiary alicyclic amines) is 1. The van der Waals surface area contributed by atoms with Crippen LogP contribution in [0.2, 0.25) is 0 Å². The number of piperidine rings is 1. The molecule has 20 heavy (non-hydrogen) atoms. The van der Waals surface area contributed by atoms with Gasteiger partial charge in [-0.25, -0.2) is 0 Å². The molecular weight excluding hydrogens is 250 g/mol. The van der Waals surface area contributed by atoms with Crippen LogP contribution in [0.25, 0.3) is 0 Å². The van der Waals surface area contributed by atoms with Crippen molar-refractivity contribution in [1.82, 2.24) is 4.90 Å². The van der Waals surface area contributed by atoms with Crippen molar-refractivity contribution in [2.45, 2.75) is 32.7 Å². The average molecular weight is 275 g/mol. The van der Waals surface area contributed by atoms with E-state index in [0.29, 0.717) is 13.0 Å². The number of benzene rings is 1. The number of rotatable bonds is 5. The summed E-state index contributed by atoms with van der Waals surface area (Å²) in [5.74, 6) is 0.781. The van der Waals surface area contributed by atoms with Gasteiger partial charge in [-0.15, -0.1) is 0 Å². The number of nitrogens with zero attached hydrogens (tertiary/aromatic N) is 1. The number of hydrogen-bond acceptors (Lipinski definition) is 3. The Morgan fingerprint density at radius 3 is 2.80 bits per heavy atom. The molecule has 0 spiro atoms. The Kier molecular flexibility index (Phi) is 5.56. The molecule has 4 nitrogen and oxygen atoms in total. The number of hydrogen-bond donors (Lipinski definition) is 2. The number of carbonyl (C=O) groups excluding carboxylic acids is 1. The van der Waals surface area contributed by atoms with Gasteiger partial charge in [-0.2, -0.15) is 0 Å². The highest BCUT2D eigenvalue weighted by Crippen LogP contribution is 2.18. The summed E-state index contributed by atoms with van der Waals surface area (Å²) in [7, 11) is 0. The molecule has 1 fully saturated rings. The van der Waals surface area contributed by atoms with E-state index in [9.17, 15) is 4.79 Å². The monoisotopic (exact) mass is 275 g/mol. The van der Waals surface area contributed by atoms with E-state index >= 15 is 0 Å². The lowest BCUT2D eigenvalue weighted by Gasteiger charge is -2.30. The summed E-state index contributed by atoms with van der Waals surface area (Å²) in [4.78, 5) is 14.0. The Labute approximate surface area is 121 Å². The molecule has 1 amide bonds. The largest absolute Gasteiger partial charge is 0.330 e. The molecule has 0 aromatic heterocycles. The van der Waals surface area contributed by atoms with E-state index in [4.69, 9.17) is 5.73 Å². The number of nitrogens with two attached hydrogens (primary N) is 1. The summed E-state index contributed by atoms with van der Waals surface area (Å²) >= 11 is 0. The molecule has 0 aliphatic carbocycles. The van der Waals surface area contributed by atoms with Gasteiger partial charge in [-0.05, 0) is 43.0 Å². The van der Waals surface area contributed by atoms with Crippen LogP contribution in [0.1, 0.15) is 31.7 Å². The molecule has 1 saturated heterocycles. The van der Waals surface area contributed by atoms with Crippen molar-refractivity contribution in [2.75, 3.05) is 25.0 Å². The fourth-order valence-electron chi connectivity index (χ4n) is 2.74. The van der Waals surface area contributed by atoms with Crippen molar-refractivity contribution in [3.05, 3.63) is 29.8 Å². The zero-order valence-electron chi connectivity index (χ0n) is 12.3. The van der Waals surface area contributed by atoms with Crippen molar-refractivity contribution in [3.8, 4) is 0 Å². The highest BCUT2D eigenvalue weighted by molar-refractivity contribution is 5.90. The standard InChI is InChI=1S/C16H25N3O/c1-13-3-2-10-19(11-13)12-14-4-6-15(7-5-14)18-16(20)8-9-17/h4-7,13H,2-3,8-12,17H2,1H3,(H,18,20). The molecule has 0 radical (unpaired) electrons. The molecule has 1 aliphatic heterocycles. The second-order valence-corrected chi connectivity index (χ2v) is 5.77. The van der Waals surface area contributed by atoms with Gasteiger partial charge in [0.15, 0.2) is 0 Å². The van der Waals surface area contributed by atoms with Crippen LogP contribution in [0.3, 0.4) is 0 Å². The van der Waals surface area contributed by atoms with Gasteiger partial charge in [0.2, 0.25) is 5.91 Å². The molecule has 110 valence electrons. The quantitative estimate of drug-likeness (QED) is 0.866. The van der Waals surface area contributed by atoms with Crippen LogP contribution >= 0.6 is 0 Å². The zero-order valence-corrected chi connectivity index (χ0v) is 12.3. The molecule has 0 saturated carbocycles. The Balaban J connectivity index is 1.86. The van der Waals surface area contributed by atoms with Crippen LogP contribution in [-0.2, 0) is 11.3 Å². The lowest BCUT2D eigenvalue weighted by Crippen LogP contribution is -2.33. The first-order chi connectivity index (χ1) is 9.67. The molecule has 4 heteroatoms. The Morgan fingerprint density at radius 2 is 2.15 bits per heavy atom. The molecule has 0 bridgehead atoms. The maximum Gasteiger partial charge on any atom is 0.225 e. The van der Waals surface area contributed by atoms with Gasteiger partial charge in [0.05, 0.1) is 0 Å². The number of amides is 1. The number of nitrogens with one attached hydrogen (secondary N) is 1. The van der Waals surface area contributed by atoms with Crippen molar-refractivity contribution in [1.29, 1.82) is 0 Å². The van der Waals surface area contributed by atoms with Crippen LogP contribution in [0.4, 0.5) is 5.69 Å². The minimum Gasteiger partial charge on any atom is -0.330 e. The molecule has 1 atom stereocenters. The Bertz CT molecular complexity index is 430. The number of anilines is 1. The third-order valence-corrected chi connectivity index (χ3v) is 3.76. The van der Waals surface area contributed by atoms with Crippen LogP contribution in [0.5, 0.6) is 0 Å². The van der Waals surface area contributed by atoms with Gasteiger partial charge in [0, 0.05) is 31.7 Å². The second-order valence-electron chi connectivity index (χ2n) is 5.77. The average Bonchev–Trinajstić information content (AvgIpc) is 2.41. The second kappa shape index (κ2) is 7.41. The lowest BCUT2D eigenvalue weighted by atomic mass is 10.00. The predicted molar refractivity (Wildman–Crippen MR) is 82.4 cm³/mol. The predicted octanol–water partition coefficient (Wildman–Crippen LogP) is 2.21. The smallest absolute Gasteiger partial charge is 0.225 e. The third kappa shape index (κ3) is 4.62. The van der Waals surface area contributed by atoms with Crippen LogP contribution in [-0.4, -0.2) is 30.4 Å². The minimum absolute atomic E-state index is 0.0231. The molecule has 1 aliphatic rings. The summed E-state index contributed by atoms with van der Waals surface area (Å²) in [6.07, 6.45) is 3.02. The first-order valence-electron chi connectivity index (χ1n) is 7.48.